The molecule has 0 amide bonds. The first-order valence-corrected chi connectivity index (χ1v) is 8.14. The van der Waals surface area contributed by atoms with Crippen molar-refractivity contribution in [3.05, 3.63) is 0 Å². The van der Waals surface area contributed by atoms with Crippen molar-refractivity contribution in [3.8, 4) is 0 Å². The molecule has 1 saturated carbocycles. The van der Waals surface area contributed by atoms with E-state index in [0.717, 1.165) is 10.5 Å². The van der Waals surface area contributed by atoms with Crippen LogP contribution in [0.4, 0.5) is 0 Å². The molecule has 0 spiro atoms. The van der Waals surface area contributed by atoms with E-state index in [1.165, 1.54) is 44.2 Å². The molecule has 2 unspecified atom stereocenters. The fourth-order valence-electron chi connectivity index (χ4n) is 2.90. The predicted octanol–water partition coefficient (Wildman–Crippen LogP) is 3.38. The quantitative estimate of drug-likeness (QED) is 0.734. The van der Waals surface area contributed by atoms with Gasteiger partial charge in [0.2, 0.25) is 0 Å². The Bertz CT molecular complexity index is 202. The summed E-state index contributed by atoms with van der Waals surface area (Å²) in [6, 6.07) is 0. The minimum atomic E-state index is 0.626. The summed E-state index contributed by atoms with van der Waals surface area (Å²) in [6.07, 6.45) is 4.31. The molecule has 2 rings (SSSR count). The van der Waals surface area contributed by atoms with Gasteiger partial charge in [-0.15, -0.1) is 0 Å². The van der Waals surface area contributed by atoms with Crippen LogP contribution in [0.5, 0.6) is 0 Å². The third-order valence-electron chi connectivity index (χ3n) is 3.75. The van der Waals surface area contributed by atoms with Crippen LogP contribution in [-0.4, -0.2) is 40.4 Å². The molecule has 1 saturated heterocycles. The average Bonchev–Trinajstić information content (AvgIpc) is 2.10. The molecule has 2 atom stereocenters. The highest BCUT2D eigenvalue weighted by molar-refractivity contribution is 9.09. The zero-order valence-corrected chi connectivity index (χ0v) is 12.2. The van der Waals surface area contributed by atoms with Gasteiger partial charge in [-0.05, 0) is 18.3 Å². The van der Waals surface area contributed by atoms with E-state index in [1.807, 2.05) is 0 Å². The third kappa shape index (κ3) is 2.92. The van der Waals surface area contributed by atoms with Crippen LogP contribution in [0.15, 0.2) is 0 Å². The van der Waals surface area contributed by atoms with Gasteiger partial charge < -0.3 is 4.90 Å². The van der Waals surface area contributed by atoms with Gasteiger partial charge in [0.15, 0.2) is 0 Å². The van der Waals surface area contributed by atoms with Crippen molar-refractivity contribution in [2.45, 2.75) is 43.6 Å². The van der Waals surface area contributed by atoms with E-state index in [2.05, 4.69) is 46.4 Å². The molecule has 0 aromatic carbocycles. The molecule has 1 aliphatic heterocycles. The standard InChI is InChI=1S/C12H22BrNS/c1-10-6-14(7-11(2)15-10)9-12(8-13)4-3-5-12/h10-11H,3-9H2,1-2H3. The lowest BCUT2D eigenvalue weighted by atomic mass is 9.70. The summed E-state index contributed by atoms with van der Waals surface area (Å²) in [7, 11) is 0. The normalized spacial score (nSPS) is 36.2. The first-order valence-electron chi connectivity index (χ1n) is 6.07. The summed E-state index contributed by atoms with van der Waals surface area (Å²) < 4.78 is 0. The lowest BCUT2D eigenvalue weighted by molar-refractivity contribution is 0.0902. The molecule has 1 nitrogen and oxygen atoms in total. The van der Waals surface area contributed by atoms with Crippen molar-refractivity contribution in [1.29, 1.82) is 0 Å². The topological polar surface area (TPSA) is 3.24 Å². The molecule has 0 aromatic rings. The first kappa shape index (κ1) is 12.3. The molecule has 88 valence electrons. The fourth-order valence-corrected chi connectivity index (χ4v) is 5.02. The molecule has 1 aliphatic carbocycles. The van der Waals surface area contributed by atoms with Crippen LogP contribution in [0.25, 0.3) is 0 Å². The van der Waals surface area contributed by atoms with Crippen molar-refractivity contribution >= 4 is 27.7 Å². The summed E-state index contributed by atoms with van der Waals surface area (Å²) in [5.41, 5.74) is 0.626. The highest BCUT2D eigenvalue weighted by atomic mass is 79.9. The Hall–Kier alpha value is 0.790. The lowest BCUT2D eigenvalue weighted by Crippen LogP contribution is -2.49. The van der Waals surface area contributed by atoms with Crippen molar-refractivity contribution in [2.75, 3.05) is 25.0 Å². The van der Waals surface area contributed by atoms with E-state index in [9.17, 15) is 0 Å². The summed E-state index contributed by atoms with van der Waals surface area (Å²) in [5.74, 6) is 0. The van der Waals surface area contributed by atoms with Crippen LogP contribution >= 0.6 is 27.7 Å². The first-order chi connectivity index (χ1) is 7.13. The number of hydrogen-bond acceptors (Lipinski definition) is 2. The lowest BCUT2D eigenvalue weighted by Gasteiger charge is -2.46. The maximum absolute atomic E-state index is 3.71. The SMILES string of the molecule is CC1CN(CC2(CBr)CCC2)CC(C)S1. The molecule has 0 N–H and O–H groups in total. The molecule has 2 fully saturated rings. The van der Waals surface area contributed by atoms with E-state index >= 15 is 0 Å². The Balaban J connectivity index is 1.87. The largest absolute Gasteiger partial charge is 0.301 e. The molecule has 0 aromatic heterocycles. The summed E-state index contributed by atoms with van der Waals surface area (Å²) in [4.78, 5) is 2.70. The monoisotopic (exact) mass is 291 g/mol. The Morgan fingerprint density at radius 3 is 2.27 bits per heavy atom. The van der Waals surface area contributed by atoms with Crippen molar-refractivity contribution in [1.82, 2.24) is 4.90 Å². The van der Waals surface area contributed by atoms with E-state index in [-0.39, 0.29) is 0 Å². The molecule has 0 radical (unpaired) electrons. The van der Waals surface area contributed by atoms with E-state index in [0.29, 0.717) is 5.41 Å². The van der Waals surface area contributed by atoms with Gasteiger partial charge in [-0.3, -0.25) is 0 Å². The fraction of sp³-hybridized carbons (Fsp3) is 1.00. The smallest absolute Gasteiger partial charge is 0.0149 e. The summed E-state index contributed by atoms with van der Waals surface area (Å²) >= 11 is 5.86. The van der Waals surface area contributed by atoms with Gasteiger partial charge in [0, 0.05) is 35.5 Å². The Morgan fingerprint density at radius 1 is 1.27 bits per heavy atom. The Morgan fingerprint density at radius 2 is 1.87 bits per heavy atom. The second-order valence-corrected chi connectivity index (χ2v) is 7.88. The van der Waals surface area contributed by atoms with Crippen LogP contribution in [-0.2, 0) is 0 Å². The van der Waals surface area contributed by atoms with Gasteiger partial charge >= 0.3 is 0 Å². The molecule has 1 heterocycles. The molecule has 0 bridgehead atoms. The van der Waals surface area contributed by atoms with Gasteiger partial charge in [-0.25, -0.2) is 0 Å². The minimum absolute atomic E-state index is 0.626. The number of nitrogens with zero attached hydrogens (tertiary/aromatic N) is 1. The summed E-state index contributed by atoms with van der Waals surface area (Å²) in [6.45, 7) is 8.66. The molecular formula is C12H22BrNS. The van der Waals surface area contributed by atoms with Crippen LogP contribution < -0.4 is 0 Å². The molecule has 2 aliphatic rings. The summed E-state index contributed by atoms with van der Waals surface area (Å²) in [5, 5.41) is 2.84. The van der Waals surface area contributed by atoms with Gasteiger partial charge in [0.25, 0.3) is 0 Å². The molecular weight excluding hydrogens is 270 g/mol. The van der Waals surface area contributed by atoms with Gasteiger partial charge in [-0.2, -0.15) is 11.8 Å². The zero-order valence-electron chi connectivity index (χ0n) is 9.84. The number of halogens is 1. The van der Waals surface area contributed by atoms with E-state index in [4.69, 9.17) is 0 Å². The van der Waals surface area contributed by atoms with Gasteiger partial charge in [0.1, 0.15) is 0 Å². The van der Waals surface area contributed by atoms with Crippen LogP contribution in [0, 0.1) is 5.41 Å². The van der Waals surface area contributed by atoms with Gasteiger partial charge in [-0.1, -0.05) is 36.2 Å². The van der Waals surface area contributed by atoms with Crippen LogP contribution in [0.2, 0.25) is 0 Å². The molecule has 3 heteroatoms. The highest BCUT2D eigenvalue weighted by Gasteiger charge is 2.38. The van der Waals surface area contributed by atoms with Crippen molar-refractivity contribution in [2.24, 2.45) is 5.41 Å². The number of rotatable bonds is 3. The van der Waals surface area contributed by atoms with Crippen LogP contribution in [0.1, 0.15) is 33.1 Å². The number of thioether (sulfide) groups is 1. The maximum atomic E-state index is 3.71. The third-order valence-corrected chi connectivity index (χ3v) is 6.17. The Kier molecular flexibility index (Phi) is 4.06. The molecule has 15 heavy (non-hydrogen) atoms. The average molecular weight is 292 g/mol. The van der Waals surface area contributed by atoms with E-state index < -0.39 is 0 Å². The van der Waals surface area contributed by atoms with Crippen molar-refractivity contribution < 1.29 is 0 Å². The van der Waals surface area contributed by atoms with Crippen molar-refractivity contribution in [3.63, 3.8) is 0 Å². The minimum Gasteiger partial charge on any atom is -0.301 e. The van der Waals surface area contributed by atoms with Crippen LogP contribution in [0.3, 0.4) is 0 Å². The number of hydrogen-bond donors (Lipinski definition) is 0. The second-order valence-electron chi connectivity index (χ2n) is 5.44. The van der Waals surface area contributed by atoms with Gasteiger partial charge in [0.05, 0.1) is 0 Å². The second kappa shape index (κ2) is 4.97. The zero-order chi connectivity index (χ0) is 10.9. The number of alkyl halides is 1. The predicted molar refractivity (Wildman–Crippen MR) is 73.0 cm³/mol. The van der Waals surface area contributed by atoms with E-state index in [1.54, 1.807) is 0 Å². The Labute approximate surface area is 106 Å². The maximum Gasteiger partial charge on any atom is 0.0149 e. The highest BCUT2D eigenvalue weighted by Crippen LogP contribution is 2.43.